The third-order valence-corrected chi connectivity index (χ3v) is 6.49. The van der Waals surface area contributed by atoms with E-state index in [1.807, 2.05) is 6.92 Å². The smallest absolute Gasteiger partial charge is 0.201 e. The van der Waals surface area contributed by atoms with E-state index in [9.17, 15) is 0 Å². The van der Waals surface area contributed by atoms with E-state index < -0.39 is 5.79 Å². The van der Waals surface area contributed by atoms with Gasteiger partial charge in [0.1, 0.15) is 0 Å². The number of fused-ring (bicyclic) bond motifs is 2. The van der Waals surface area contributed by atoms with Crippen molar-refractivity contribution in [3.05, 3.63) is 0 Å². The summed E-state index contributed by atoms with van der Waals surface area (Å²) in [6.07, 6.45) is 4.41. The van der Waals surface area contributed by atoms with Crippen LogP contribution in [-0.4, -0.2) is 23.8 Å². The third kappa shape index (κ3) is 1.57. The zero-order valence-electron chi connectivity index (χ0n) is 12.9. The van der Waals surface area contributed by atoms with Gasteiger partial charge in [0.15, 0.2) is 11.9 Å². The lowest BCUT2D eigenvalue weighted by atomic mass is 9.57. The summed E-state index contributed by atoms with van der Waals surface area (Å²) in [6, 6.07) is 0. The molecular weight excluding hydrogens is 256 g/mol. The molecular formula is C16H26O4. The van der Waals surface area contributed by atoms with Crippen LogP contribution >= 0.6 is 0 Å². The minimum atomic E-state index is -0.641. The first-order valence-electron chi connectivity index (χ1n) is 8.16. The Kier molecular flexibility index (Phi) is 2.83. The molecule has 4 aliphatic heterocycles. The standard InChI is InChI=1S/C16H26O4/c1-9-5-6-13-10(2)11(3)17-14-16(13)12(9)7-8-15(4,18-14)19-20-16/h9-14H,5-8H2,1-4H3/t9?,10-,11?,12?,13?,14?,15-,16+/m0/s1. The highest BCUT2D eigenvalue weighted by molar-refractivity contribution is 5.09. The fourth-order valence-electron chi connectivity index (χ4n) is 5.08. The van der Waals surface area contributed by atoms with E-state index >= 15 is 0 Å². The van der Waals surface area contributed by atoms with Crippen molar-refractivity contribution in [3.63, 3.8) is 0 Å². The normalized spacial score (nSPS) is 61.8. The molecule has 4 saturated heterocycles. The Hall–Kier alpha value is -0.160. The van der Waals surface area contributed by atoms with Crippen LogP contribution in [0.15, 0.2) is 0 Å². The molecule has 1 spiro atoms. The summed E-state index contributed by atoms with van der Waals surface area (Å²) in [6.45, 7) is 8.77. The quantitative estimate of drug-likeness (QED) is 0.639. The Labute approximate surface area is 121 Å². The van der Waals surface area contributed by atoms with Gasteiger partial charge in [-0.3, -0.25) is 0 Å². The molecule has 5 rings (SSSR count). The van der Waals surface area contributed by atoms with Crippen molar-refractivity contribution in [3.8, 4) is 0 Å². The number of hydrogen-bond acceptors (Lipinski definition) is 4. The topological polar surface area (TPSA) is 36.9 Å². The molecule has 0 aromatic carbocycles. The molecule has 0 aromatic heterocycles. The van der Waals surface area contributed by atoms with E-state index in [2.05, 4.69) is 20.8 Å². The summed E-state index contributed by atoms with van der Waals surface area (Å²) in [4.78, 5) is 11.8. The van der Waals surface area contributed by atoms with Gasteiger partial charge in [-0.15, -0.1) is 0 Å². The number of ether oxygens (including phenoxy) is 2. The molecule has 0 aromatic rings. The van der Waals surface area contributed by atoms with E-state index in [0.717, 1.165) is 12.8 Å². The summed E-state index contributed by atoms with van der Waals surface area (Å²) in [5.41, 5.74) is -0.389. The molecule has 114 valence electrons. The molecule has 5 fully saturated rings. The Morgan fingerprint density at radius 2 is 1.75 bits per heavy atom. The summed E-state index contributed by atoms with van der Waals surface area (Å²) < 4.78 is 12.5. The fourth-order valence-corrected chi connectivity index (χ4v) is 5.08. The van der Waals surface area contributed by atoms with Gasteiger partial charge < -0.3 is 9.47 Å². The van der Waals surface area contributed by atoms with E-state index in [4.69, 9.17) is 19.2 Å². The van der Waals surface area contributed by atoms with Gasteiger partial charge in [-0.25, -0.2) is 9.78 Å². The third-order valence-electron chi connectivity index (χ3n) is 6.49. The first kappa shape index (κ1) is 13.5. The maximum Gasteiger partial charge on any atom is 0.201 e. The Bertz CT molecular complexity index is 409. The highest BCUT2D eigenvalue weighted by Crippen LogP contribution is 2.60. The van der Waals surface area contributed by atoms with Crippen molar-refractivity contribution in [2.75, 3.05) is 0 Å². The van der Waals surface area contributed by atoms with Gasteiger partial charge in [-0.1, -0.05) is 13.8 Å². The zero-order valence-corrected chi connectivity index (χ0v) is 12.9. The first-order chi connectivity index (χ1) is 9.46. The molecule has 4 heterocycles. The lowest BCUT2D eigenvalue weighted by molar-refractivity contribution is -0.570. The molecule has 20 heavy (non-hydrogen) atoms. The molecule has 8 atom stereocenters. The molecule has 2 bridgehead atoms. The molecule has 0 N–H and O–H groups in total. The van der Waals surface area contributed by atoms with Crippen molar-refractivity contribution in [1.29, 1.82) is 0 Å². The molecule has 0 amide bonds. The maximum absolute atomic E-state index is 6.23. The van der Waals surface area contributed by atoms with Crippen LogP contribution in [0.25, 0.3) is 0 Å². The van der Waals surface area contributed by atoms with Crippen molar-refractivity contribution in [2.24, 2.45) is 23.7 Å². The minimum Gasteiger partial charge on any atom is -0.346 e. The number of rotatable bonds is 0. The highest BCUT2D eigenvalue weighted by atomic mass is 17.3. The summed E-state index contributed by atoms with van der Waals surface area (Å²) in [5.74, 6) is 1.44. The predicted molar refractivity (Wildman–Crippen MR) is 72.5 cm³/mol. The van der Waals surface area contributed by atoms with Gasteiger partial charge in [0, 0.05) is 12.3 Å². The van der Waals surface area contributed by atoms with Crippen LogP contribution in [0.2, 0.25) is 0 Å². The minimum absolute atomic E-state index is 0.219. The summed E-state index contributed by atoms with van der Waals surface area (Å²) in [5, 5.41) is 0. The van der Waals surface area contributed by atoms with Crippen LogP contribution in [0.4, 0.5) is 0 Å². The summed E-state index contributed by atoms with van der Waals surface area (Å²) >= 11 is 0. The van der Waals surface area contributed by atoms with Crippen molar-refractivity contribution >= 4 is 0 Å². The zero-order chi connectivity index (χ0) is 14.1. The largest absolute Gasteiger partial charge is 0.346 e. The predicted octanol–water partition coefficient (Wildman–Crippen LogP) is 3.26. The lowest BCUT2D eigenvalue weighted by Gasteiger charge is -2.60. The Balaban J connectivity index is 1.82. The second-order valence-electron chi connectivity index (χ2n) is 7.61. The molecule has 1 aliphatic carbocycles. The maximum atomic E-state index is 6.23. The lowest BCUT2D eigenvalue weighted by Crippen LogP contribution is -2.70. The van der Waals surface area contributed by atoms with Gasteiger partial charge in [0.05, 0.1) is 6.10 Å². The van der Waals surface area contributed by atoms with Gasteiger partial charge in [-0.05, 0) is 50.9 Å². The SMILES string of the molecule is CC1CCC2[C@@H](C)C(C)OC3O[C@]4(C)CCC1[C@]32OO4. The monoisotopic (exact) mass is 282 g/mol. The second kappa shape index (κ2) is 4.19. The van der Waals surface area contributed by atoms with E-state index in [-0.39, 0.29) is 18.0 Å². The number of hydrogen-bond donors (Lipinski definition) is 0. The van der Waals surface area contributed by atoms with Crippen LogP contribution in [0.3, 0.4) is 0 Å². The molecule has 5 unspecified atom stereocenters. The first-order valence-corrected chi connectivity index (χ1v) is 8.16. The van der Waals surface area contributed by atoms with Crippen LogP contribution in [0.1, 0.15) is 53.4 Å². The average molecular weight is 282 g/mol. The van der Waals surface area contributed by atoms with Gasteiger partial charge in [0.25, 0.3) is 0 Å². The van der Waals surface area contributed by atoms with Crippen LogP contribution in [0.5, 0.6) is 0 Å². The Morgan fingerprint density at radius 3 is 2.55 bits per heavy atom. The average Bonchev–Trinajstić information content (AvgIpc) is 2.63. The second-order valence-corrected chi connectivity index (χ2v) is 7.61. The van der Waals surface area contributed by atoms with E-state index in [1.54, 1.807) is 0 Å². The van der Waals surface area contributed by atoms with Crippen molar-refractivity contribution < 1.29 is 19.2 Å². The molecule has 0 radical (unpaired) electrons. The molecule has 4 heteroatoms. The molecule has 1 saturated carbocycles. The highest BCUT2D eigenvalue weighted by Gasteiger charge is 2.68. The van der Waals surface area contributed by atoms with Crippen molar-refractivity contribution in [1.82, 2.24) is 0 Å². The van der Waals surface area contributed by atoms with E-state index in [0.29, 0.717) is 23.7 Å². The molecule has 5 aliphatic rings. The van der Waals surface area contributed by atoms with Crippen LogP contribution in [0, 0.1) is 23.7 Å². The summed E-state index contributed by atoms with van der Waals surface area (Å²) in [7, 11) is 0. The van der Waals surface area contributed by atoms with Crippen molar-refractivity contribution in [2.45, 2.75) is 77.2 Å². The van der Waals surface area contributed by atoms with Crippen LogP contribution < -0.4 is 0 Å². The van der Waals surface area contributed by atoms with Crippen LogP contribution in [-0.2, 0) is 19.2 Å². The van der Waals surface area contributed by atoms with Gasteiger partial charge in [-0.2, -0.15) is 0 Å². The molecule has 4 nitrogen and oxygen atoms in total. The Morgan fingerprint density at radius 1 is 0.950 bits per heavy atom. The fraction of sp³-hybridized carbons (Fsp3) is 1.00. The van der Waals surface area contributed by atoms with E-state index in [1.165, 1.54) is 12.8 Å². The van der Waals surface area contributed by atoms with Gasteiger partial charge in [0.2, 0.25) is 5.79 Å². The van der Waals surface area contributed by atoms with Gasteiger partial charge >= 0.3 is 0 Å².